The third-order valence-electron chi connectivity index (χ3n) is 11.2. The molecule has 2 atom stereocenters. The highest BCUT2D eigenvalue weighted by atomic mass is 31.2. The molecular weight excluding hydrogens is 782 g/mol. The van der Waals surface area contributed by atoms with Gasteiger partial charge in [0.05, 0.1) is 34.4 Å². The topological polar surface area (TPSA) is 91.3 Å². The second kappa shape index (κ2) is 45.3. The van der Waals surface area contributed by atoms with Gasteiger partial charge in [-0.1, -0.05) is 211 Å². The number of nitrogens with zero attached hydrogens (tertiary/aromatic N) is 1. The zero-order valence-electron chi connectivity index (χ0n) is 40.9. The van der Waals surface area contributed by atoms with Crippen molar-refractivity contribution in [3.05, 3.63) is 36.5 Å². The monoisotopic (exact) mass is 883 g/mol. The van der Waals surface area contributed by atoms with Gasteiger partial charge in [0.2, 0.25) is 0 Å². The molecule has 0 aliphatic carbocycles. The lowest BCUT2D eigenvalue weighted by Gasteiger charge is -2.24. The van der Waals surface area contributed by atoms with Crippen LogP contribution in [0.2, 0.25) is 0 Å². The van der Waals surface area contributed by atoms with E-state index in [-0.39, 0.29) is 25.8 Å². The van der Waals surface area contributed by atoms with E-state index in [9.17, 15) is 14.3 Å². The second-order valence-electron chi connectivity index (χ2n) is 18.6. The van der Waals surface area contributed by atoms with Gasteiger partial charge < -0.3 is 18.9 Å². The van der Waals surface area contributed by atoms with Crippen LogP contribution in [0.3, 0.4) is 0 Å². The first-order valence-corrected chi connectivity index (χ1v) is 27.2. The highest BCUT2D eigenvalue weighted by Crippen LogP contribution is 2.43. The number of quaternary nitrogens is 1. The van der Waals surface area contributed by atoms with Gasteiger partial charge in [-0.2, -0.15) is 0 Å². The van der Waals surface area contributed by atoms with Gasteiger partial charge in [-0.25, -0.2) is 4.57 Å². The Labute approximate surface area is 378 Å². The van der Waals surface area contributed by atoms with Gasteiger partial charge in [0.1, 0.15) is 19.3 Å². The van der Waals surface area contributed by atoms with Crippen LogP contribution in [-0.4, -0.2) is 75.6 Å². The number of phosphoric acid groups is 1. The quantitative estimate of drug-likeness (QED) is 0.0214. The molecule has 1 N–H and O–H groups in total. The number of esters is 1. The average Bonchev–Trinajstić information content (AvgIpc) is 3.22. The average molecular weight is 883 g/mol. The molecule has 0 aromatic carbocycles. The summed E-state index contributed by atoms with van der Waals surface area (Å²) in [6.45, 7) is 5.63. The van der Waals surface area contributed by atoms with Crippen molar-refractivity contribution in [2.45, 2.75) is 238 Å². The lowest BCUT2D eigenvalue weighted by Crippen LogP contribution is -2.37. The van der Waals surface area contributed by atoms with Crippen molar-refractivity contribution in [1.82, 2.24) is 0 Å². The summed E-state index contributed by atoms with van der Waals surface area (Å²) in [4.78, 5) is 23.0. The number of likely N-dealkylation sites (N-methyl/N-ethyl adjacent to an activating group) is 1. The van der Waals surface area contributed by atoms with E-state index in [0.717, 1.165) is 44.9 Å². The summed E-state index contributed by atoms with van der Waals surface area (Å²) in [6, 6.07) is 0. The first kappa shape index (κ1) is 59.7. The minimum atomic E-state index is -4.28. The Morgan fingerprint density at radius 2 is 0.902 bits per heavy atom. The molecule has 9 heteroatoms. The largest absolute Gasteiger partial charge is 0.472 e. The zero-order valence-corrected chi connectivity index (χ0v) is 41.8. The predicted molar refractivity (Wildman–Crippen MR) is 261 cm³/mol. The summed E-state index contributed by atoms with van der Waals surface area (Å²) in [7, 11) is 1.67. The smallest absolute Gasteiger partial charge is 0.457 e. The van der Waals surface area contributed by atoms with Crippen molar-refractivity contribution in [2.24, 2.45) is 0 Å². The Kier molecular flexibility index (Phi) is 44.3. The SMILES string of the molecule is CCCCCCC/C=C\C/C=C\C/C=C\CCCCCCCCCCCOCC(COP(=O)(O)OCC[N+](C)(C)C)OC(=O)CCCCCCCCCCCCCCCCC. The molecule has 0 aromatic heterocycles. The van der Waals surface area contributed by atoms with E-state index in [0.29, 0.717) is 24.1 Å². The number of unbranched alkanes of at least 4 members (excludes halogenated alkanes) is 28. The Balaban J connectivity index is 4.11. The minimum absolute atomic E-state index is 0.0886. The van der Waals surface area contributed by atoms with E-state index in [1.165, 1.54) is 167 Å². The third kappa shape index (κ3) is 49.6. The van der Waals surface area contributed by atoms with E-state index in [2.05, 4.69) is 50.3 Å². The van der Waals surface area contributed by atoms with Crippen LogP contribution in [0.1, 0.15) is 232 Å². The Bertz CT molecular complexity index is 1070. The molecule has 0 saturated heterocycles. The summed E-state index contributed by atoms with van der Waals surface area (Å²) in [5.41, 5.74) is 0. The molecule has 0 spiro atoms. The second-order valence-corrected chi connectivity index (χ2v) is 20.0. The molecule has 2 unspecified atom stereocenters. The Hall–Kier alpha value is -1.28. The molecule has 0 radical (unpaired) electrons. The number of carbonyl (C=O) groups excluding carboxylic acids is 1. The molecule has 0 aliphatic heterocycles. The van der Waals surface area contributed by atoms with Crippen LogP contribution in [0, 0.1) is 0 Å². The fourth-order valence-electron chi connectivity index (χ4n) is 7.21. The lowest BCUT2D eigenvalue weighted by atomic mass is 10.0. The lowest BCUT2D eigenvalue weighted by molar-refractivity contribution is -0.870. The predicted octanol–water partition coefficient (Wildman–Crippen LogP) is 15.7. The molecule has 0 heterocycles. The van der Waals surface area contributed by atoms with Crippen molar-refractivity contribution in [3.63, 3.8) is 0 Å². The van der Waals surface area contributed by atoms with Gasteiger partial charge in [0.25, 0.3) is 0 Å². The van der Waals surface area contributed by atoms with Crippen LogP contribution in [0.15, 0.2) is 36.5 Å². The van der Waals surface area contributed by atoms with E-state index < -0.39 is 13.9 Å². The molecule has 0 bridgehead atoms. The molecule has 360 valence electrons. The maximum Gasteiger partial charge on any atom is 0.472 e. The molecular formula is C52H101NO7P+. The van der Waals surface area contributed by atoms with E-state index >= 15 is 0 Å². The van der Waals surface area contributed by atoms with Crippen LogP contribution >= 0.6 is 7.82 Å². The van der Waals surface area contributed by atoms with Gasteiger partial charge in [0, 0.05) is 13.0 Å². The molecule has 8 nitrogen and oxygen atoms in total. The van der Waals surface area contributed by atoms with Crippen molar-refractivity contribution < 1.29 is 37.3 Å². The summed E-state index contributed by atoms with van der Waals surface area (Å²) >= 11 is 0. The number of hydrogen-bond donors (Lipinski definition) is 1. The number of allylic oxidation sites excluding steroid dienone is 6. The number of carbonyl (C=O) groups is 1. The molecule has 61 heavy (non-hydrogen) atoms. The number of rotatable bonds is 48. The van der Waals surface area contributed by atoms with E-state index in [1.807, 2.05) is 21.1 Å². The Morgan fingerprint density at radius 3 is 1.34 bits per heavy atom. The highest BCUT2D eigenvalue weighted by Gasteiger charge is 2.26. The third-order valence-corrected chi connectivity index (χ3v) is 12.2. The molecule has 0 aliphatic rings. The van der Waals surface area contributed by atoms with Crippen LogP contribution < -0.4 is 0 Å². The molecule has 0 rings (SSSR count). The van der Waals surface area contributed by atoms with Crippen LogP contribution in [0.5, 0.6) is 0 Å². The van der Waals surface area contributed by atoms with Gasteiger partial charge in [0.15, 0.2) is 0 Å². The van der Waals surface area contributed by atoms with Crippen LogP contribution in [0.25, 0.3) is 0 Å². The fourth-order valence-corrected chi connectivity index (χ4v) is 7.95. The standard InChI is InChI=1S/C52H100NO7P/c1-6-8-10-12-14-16-18-20-22-23-24-25-26-27-28-29-30-32-34-36-38-40-42-44-47-57-49-51(50-59-61(55,56)58-48-46-53(3,4)5)60-52(54)45-43-41-39-37-35-33-31-21-19-17-15-13-11-9-7-2/h18,20,23-24,26-27,51H,6-17,19,21-22,25,28-50H2,1-5H3/p+1/b20-18-,24-23-,27-26-. The van der Waals surface area contributed by atoms with Gasteiger partial charge in [-0.3, -0.25) is 13.8 Å². The van der Waals surface area contributed by atoms with Crippen LogP contribution in [0.4, 0.5) is 0 Å². The first-order valence-electron chi connectivity index (χ1n) is 25.7. The number of hydrogen-bond acceptors (Lipinski definition) is 6. The molecule has 0 amide bonds. The van der Waals surface area contributed by atoms with Crippen molar-refractivity contribution >= 4 is 13.8 Å². The van der Waals surface area contributed by atoms with Crippen molar-refractivity contribution in [2.75, 3.05) is 54.1 Å². The molecule has 0 fully saturated rings. The highest BCUT2D eigenvalue weighted by molar-refractivity contribution is 7.47. The maximum atomic E-state index is 12.7. The zero-order chi connectivity index (χ0) is 44.8. The maximum absolute atomic E-state index is 12.7. The fraction of sp³-hybridized carbons (Fsp3) is 0.865. The van der Waals surface area contributed by atoms with E-state index in [4.69, 9.17) is 18.5 Å². The van der Waals surface area contributed by atoms with Gasteiger partial charge in [-0.05, 0) is 51.4 Å². The normalized spacial score (nSPS) is 13.9. The summed E-state index contributed by atoms with van der Waals surface area (Å²) in [5, 5.41) is 0. The van der Waals surface area contributed by atoms with Crippen molar-refractivity contribution in [3.8, 4) is 0 Å². The summed E-state index contributed by atoms with van der Waals surface area (Å²) in [5.74, 6) is -0.313. The van der Waals surface area contributed by atoms with Gasteiger partial charge in [-0.15, -0.1) is 0 Å². The van der Waals surface area contributed by atoms with Crippen LogP contribution in [-0.2, 0) is 27.9 Å². The molecule has 0 saturated carbocycles. The Morgan fingerprint density at radius 1 is 0.508 bits per heavy atom. The van der Waals surface area contributed by atoms with Gasteiger partial charge >= 0.3 is 13.8 Å². The first-order chi connectivity index (χ1) is 29.6. The summed E-state index contributed by atoms with van der Waals surface area (Å²) < 4.78 is 35.1. The number of ether oxygens (including phenoxy) is 2. The molecule has 0 aromatic rings. The minimum Gasteiger partial charge on any atom is -0.457 e. The van der Waals surface area contributed by atoms with E-state index in [1.54, 1.807) is 0 Å². The number of phosphoric ester groups is 1. The summed E-state index contributed by atoms with van der Waals surface area (Å²) in [6.07, 6.45) is 54.7. The van der Waals surface area contributed by atoms with Crippen molar-refractivity contribution in [1.29, 1.82) is 0 Å².